The van der Waals surface area contributed by atoms with Crippen molar-refractivity contribution in [2.24, 2.45) is 0 Å². The summed E-state index contributed by atoms with van der Waals surface area (Å²) in [4.78, 5) is 10.6. The molecule has 0 amide bonds. The summed E-state index contributed by atoms with van der Waals surface area (Å²) >= 11 is 0. The summed E-state index contributed by atoms with van der Waals surface area (Å²) in [5.74, 6) is -0.580. The zero-order chi connectivity index (χ0) is 16.2. The van der Waals surface area contributed by atoms with E-state index in [9.17, 15) is 9.90 Å². The third-order valence-corrected chi connectivity index (χ3v) is 3.18. The van der Waals surface area contributed by atoms with Crippen LogP contribution in [-0.4, -0.2) is 38.3 Å². The van der Waals surface area contributed by atoms with Gasteiger partial charge in [0.1, 0.15) is 22.8 Å². The second-order valence-electron chi connectivity index (χ2n) is 4.74. The van der Waals surface area contributed by atoms with Crippen LogP contribution in [0.25, 0.3) is 11.4 Å². The predicted octanol–water partition coefficient (Wildman–Crippen LogP) is -2.84. The first-order valence-electron chi connectivity index (χ1n) is 6.74. The number of carboxylic acid groups (broad SMARTS) is 1. The molecule has 0 bridgehead atoms. The number of aromatic carboxylic acids is 1. The Morgan fingerprint density at radius 1 is 1.08 bits per heavy atom. The fraction of sp³-hybridized carbons (Fsp3) is 0.133. The van der Waals surface area contributed by atoms with E-state index in [1.807, 2.05) is 24.3 Å². The van der Waals surface area contributed by atoms with Gasteiger partial charge in [-0.3, -0.25) is 0 Å². The molecule has 0 unspecified atom stereocenters. The Morgan fingerprint density at radius 3 is 2.42 bits per heavy atom. The molecule has 0 atom stereocenters. The summed E-state index contributed by atoms with van der Waals surface area (Å²) in [5.41, 5.74) is 1.77. The van der Waals surface area contributed by atoms with Gasteiger partial charge in [0.05, 0.1) is 25.8 Å². The molecule has 2 heterocycles. The maximum absolute atomic E-state index is 10.6. The Morgan fingerprint density at radius 2 is 1.83 bits per heavy atom. The van der Waals surface area contributed by atoms with E-state index >= 15 is 0 Å². The Hall–Kier alpha value is -2.69. The van der Waals surface area contributed by atoms with Gasteiger partial charge < -0.3 is 14.6 Å². The van der Waals surface area contributed by atoms with Crippen LogP contribution in [0.4, 0.5) is 0 Å². The van der Waals surface area contributed by atoms with Gasteiger partial charge in [-0.25, -0.2) is 4.68 Å². The summed E-state index contributed by atoms with van der Waals surface area (Å²) in [6, 6.07) is 10.5. The minimum absolute atomic E-state index is 0. The fourth-order valence-corrected chi connectivity index (χ4v) is 1.99. The third-order valence-electron chi connectivity index (χ3n) is 3.18. The average molecular weight is 317 g/mol. The molecule has 8 nitrogen and oxygen atoms in total. The van der Waals surface area contributed by atoms with Crippen LogP contribution in [0.3, 0.4) is 0 Å². The SMILES string of the molecule is COc1ccc(Cn2cc(-c3ccc(C(=O)[O-])nn3)nn2)cc1.[Li+]. The zero-order valence-corrected chi connectivity index (χ0v) is 13.2. The number of carbonyl (C=O) groups is 1. The largest absolute Gasteiger partial charge is 1.00 e. The van der Waals surface area contributed by atoms with E-state index in [4.69, 9.17) is 4.74 Å². The molecule has 116 valence electrons. The van der Waals surface area contributed by atoms with Crippen molar-refractivity contribution in [1.82, 2.24) is 25.2 Å². The molecule has 0 radical (unpaired) electrons. The molecule has 3 rings (SSSR count). The molecule has 0 aliphatic rings. The van der Waals surface area contributed by atoms with Crippen LogP contribution in [0, 0.1) is 0 Å². The summed E-state index contributed by atoms with van der Waals surface area (Å²) < 4.78 is 6.77. The molecule has 0 saturated carbocycles. The number of carboxylic acids is 1. The van der Waals surface area contributed by atoms with E-state index in [-0.39, 0.29) is 24.6 Å². The Balaban J connectivity index is 0.00000208. The molecular weight excluding hydrogens is 305 g/mol. The van der Waals surface area contributed by atoms with Gasteiger partial charge in [-0.05, 0) is 29.8 Å². The van der Waals surface area contributed by atoms with E-state index in [1.54, 1.807) is 18.0 Å². The Bertz CT molecular complexity index is 818. The predicted molar refractivity (Wildman–Crippen MR) is 77.5 cm³/mol. The summed E-state index contributed by atoms with van der Waals surface area (Å²) in [7, 11) is 1.62. The molecule has 0 saturated heterocycles. The van der Waals surface area contributed by atoms with Gasteiger partial charge in [-0.15, -0.1) is 15.3 Å². The Kier molecular flexibility index (Phi) is 5.68. The second-order valence-corrected chi connectivity index (χ2v) is 4.74. The normalized spacial score (nSPS) is 10.0. The maximum Gasteiger partial charge on any atom is 1.00 e. The van der Waals surface area contributed by atoms with Gasteiger partial charge in [0.2, 0.25) is 0 Å². The van der Waals surface area contributed by atoms with E-state index in [0.29, 0.717) is 17.9 Å². The van der Waals surface area contributed by atoms with Crippen molar-refractivity contribution in [2.75, 3.05) is 7.11 Å². The molecule has 0 spiro atoms. The number of methoxy groups -OCH3 is 1. The molecular formula is C15H12LiN5O3. The monoisotopic (exact) mass is 317 g/mol. The molecule has 2 aromatic heterocycles. The van der Waals surface area contributed by atoms with Crippen molar-refractivity contribution >= 4 is 5.97 Å². The standard InChI is InChI=1S/C15H13N5O3.Li/c1-23-11-4-2-10(3-5-11)8-20-9-14(18-19-20)12-6-7-13(15(21)22)17-16-12;/h2-7,9H,8H2,1H3,(H,21,22);/q;+1/p-1. The van der Waals surface area contributed by atoms with Crippen molar-refractivity contribution in [3.8, 4) is 17.1 Å². The van der Waals surface area contributed by atoms with Gasteiger partial charge in [-0.2, -0.15) is 0 Å². The Labute approximate surface area is 149 Å². The van der Waals surface area contributed by atoms with Crippen LogP contribution in [0.1, 0.15) is 16.1 Å². The van der Waals surface area contributed by atoms with Gasteiger partial charge >= 0.3 is 18.9 Å². The molecule has 0 aliphatic carbocycles. The van der Waals surface area contributed by atoms with Crippen LogP contribution in [-0.2, 0) is 6.54 Å². The molecule has 0 aliphatic heterocycles. The van der Waals surface area contributed by atoms with Crippen molar-refractivity contribution in [3.05, 3.63) is 53.9 Å². The summed E-state index contributed by atoms with van der Waals surface area (Å²) in [5, 5.41) is 26.1. The van der Waals surface area contributed by atoms with Crippen LogP contribution >= 0.6 is 0 Å². The minimum atomic E-state index is -1.37. The molecule has 9 heteroatoms. The summed E-state index contributed by atoms with van der Waals surface area (Å²) in [6.45, 7) is 0.543. The van der Waals surface area contributed by atoms with E-state index < -0.39 is 5.97 Å². The van der Waals surface area contributed by atoms with Crippen molar-refractivity contribution in [2.45, 2.75) is 6.54 Å². The second kappa shape index (κ2) is 7.72. The van der Waals surface area contributed by atoms with Gasteiger partial charge in [0, 0.05) is 0 Å². The van der Waals surface area contributed by atoms with Gasteiger partial charge in [0.15, 0.2) is 0 Å². The number of carbonyl (C=O) groups excluding carboxylic acids is 1. The van der Waals surface area contributed by atoms with Gasteiger partial charge in [-0.1, -0.05) is 17.3 Å². The maximum atomic E-state index is 10.6. The number of hydrogen-bond acceptors (Lipinski definition) is 7. The smallest absolute Gasteiger partial charge is 0.543 e. The number of aromatic nitrogens is 5. The first kappa shape index (κ1) is 17.7. The first-order chi connectivity index (χ1) is 11.2. The van der Waals surface area contributed by atoms with E-state index in [1.165, 1.54) is 12.1 Å². The molecule has 3 aromatic rings. The van der Waals surface area contributed by atoms with E-state index in [0.717, 1.165) is 11.3 Å². The number of hydrogen-bond donors (Lipinski definition) is 0. The van der Waals surface area contributed by atoms with Crippen molar-refractivity contribution in [1.29, 1.82) is 0 Å². The molecule has 0 N–H and O–H groups in total. The topological polar surface area (TPSA) is 106 Å². The molecule has 24 heavy (non-hydrogen) atoms. The quantitative estimate of drug-likeness (QED) is 0.467. The van der Waals surface area contributed by atoms with E-state index in [2.05, 4.69) is 20.5 Å². The van der Waals surface area contributed by atoms with Crippen molar-refractivity contribution in [3.63, 3.8) is 0 Å². The number of rotatable bonds is 5. The van der Waals surface area contributed by atoms with Crippen LogP contribution in [0.2, 0.25) is 0 Å². The van der Waals surface area contributed by atoms with Crippen molar-refractivity contribution < 1.29 is 33.5 Å². The van der Waals surface area contributed by atoms with Crippen LogP contribution in [0.15, 0.2) is 42.6 Å². The van der Waals surface area contributed by atoms with Gasteiger partial charge in [0.25, 0.3) is 0 Å². The molecule has 1 aromatic carbocycles. The third kappa shape index (κ3) is 3.98. The number of benzene rings is 1. The first-order valence-corrected chi connectivity index (χ1v) is 6.74. The number of ether oxygens (including phenoxy) is 1. The fourth-order valence-electron chi connectivity index (χ4n) is 1.99. The zero-order valence-electron chi connectivity index (χ0n) is 13.2. The minimum Gasteiger partial charge on any atom is -0.543 e. The van der Waals surface area contributed by atoms with Crippen LogP contribution in [0.5, 0.6) is 5.75 Å². The van der Waals surface area contributed by atoms with Crippen LogP contribution < -0.4 is 28.7 Å². The molecule has 0 fully saturated rings. The number of nitrogens with zero attached hydrogens (tertiary/aromatic N) is 5. The average Bonchev–Trinajstić information content (AvgIpc) is 3.04. The summed E-state index contributed by atoms with van der Waals surface area (Å²) in [6.07, 6.45) is 1.72.